The summed E-state index contributed by atoms with van der Waals surface area (Å²) in [6.45, 7) is 2.81. The van der Waals surface area contributed by atoms with Crippen molar-refractivity contribution in [2.75, 3.05) is 17.2 Å². The lowest BCUT2D eigenvalue weighted by atomic mass is 10.2. The van der Waals surface area contributed by atoms with Crippen molar-refractivity contribution in [1.29, 1.82) is 0 Å². The number of carbonyl (C=O) groups excluding carboxylic acids is 1. The van der Waals surface area contributed by atoms with Crippen LogP contribution in [0.3, 0.4) is 0 Å². The molecule has 1 aromatic heterocycles. The van der Waals surface area contributed by atoms with E-state index in [9.17, 15) is 4.79 Å². The van der Waals surface area contributed by atoms with Crippen molar-refractivity contribution >= 4 is 17.3 Å². The first-order chi connectivity index (χ1) is 8.79. The van der Waals surface area contributed by atoms with E-state index in [-0.39, 0.29) is 5.91 Å². The molecule has 2 N–H and O–H groups in total. The molecule has 4 heteroatoms. The fourth-order valence-corrected chi connectivity index (χ4v) is 1.59. The van der Waals surface area contributed by atoms with Gasteiger partial charge in [-0.05, 0) is 31.2 Å². The zero-order valence-electron chi connectivity index (χ0n) is 10.2. The molecule has 1 heterocycles. The van der Waals surface area contributed by atoms with Gasteiger partial charge >= 0.3 is 0 Å². The average Bonchev–Trinajstić information content (AvgIpc) is 2.40. The van der Waals surface area contributed by atoms with Crippen LogP contribution in [0.25, 0.3) is 0 Å². The van der Waals surface area contributed by atoms with E-state index in [1.165, 1.54) is 0 Å². The number of nitrogens with one attached hydrogen (secondary N) is 2. The summed E-state index contributed by atoms with van der Waals surface area (Å²) in [5.41, 5.74) is 2.06. The quantitative estimate of drug-likeness (QED) is 0.865. The molecule has 4 nitrogen and oxygen atoms in total. The third-order valence-corrected chi connectivity index (χ3v) is 2.41. The summed E-state index contributed by atoms with van der Waals surface area (Å²) in [7, 11) is 0. The van der Waals surface area contributed by atoms with Crippen molar-refractivity contribution in [1.82, 2.24) is 4.98 Å². The van der Waals surface area contributed by atoms with E-state index in [0.717, 1.165) is 17.9 Å². The Labute approximate surface area is 106 Å². The molecule has 0 saturated carbocycles. The molecule has 0 aliphatic heterocycles. The highest BCUT2D eigenvalue weighted by Crippen LogP contribution is 2.11. The Balaban J connectivity index is 2.11. The Morgan fingerprint density at radius 1 is 1.17 bits per heavy atom. The van der Waals surface area contributed by atoms with E-state index in [4.69, 9.17) is 0 Å². The highest BCUT2D eigenvalue weighted by molar-refractivity contribution is 6.03. The van der Waals surface area contributed by atoms with Crippen LogP contribution in [0.2, 0.25) is 0 Å². The van der Waals surface area contributed by atoms with Crippen LogP contribution >= 0.6 is 0 Å². The third-order valence-electron chi connectivity index (χ3n) is 2.41. The normalized spacial score (nSPS) is 9.83. The number of hydrogen-bond acceptors (Lipinski definition) is 3. The second kappa shape index (κ2) is 5.82. The largest absolute Gasteiger partial charge is 0.385 e. The minimum atomic E-state index is -0.207. The summed E-state index contributed by atoms with van der Waals surface area (Å²) >= 11 is 0. The molecule has 1 amide bonds. The highest BCUT2D eigenvalue weighted by atomic mass is 16.1. The number of benzene rings is 1. The number of nitrogens with zero attached hydrogens (tertiary/aromatic N) is 1. The van der Waals surface area contributed by atoms with Gasteiger partial charge in [0.2, 0.25) is 0 Å². The van der Waals surface area contributed by atoms with E-state index < -0.39 is 0 Å². The molecule has 0 saturated heterocycles. The van der Waals surface area contributed by atoms with Gasteiger partial charge in [-0.3, -0.25) is 9.78 Å². The van der Waals surface area contributed by atoms with Gasteiger partial charge in [0.05, 0.1) is 0 Å². The first-order valence-corrected chi connectivity index (χ1v) is 5.86. The van der Waals surface area contributed by atoms with Crippen LogP contribution < -0.4 is 10.6 Å². The van der Waals surface area contributed by atoms with Crippen molar-refractivity contribution in [2.24, 2.45) is 0 Å². The van der Waals surface area contributed by atoms with Gasteiger partial charge in [0, 0.05) is 24.1 Å². The first-order valence-electron chi connectivity index (χ1n) is 5.86. The zero-order valence-corrected chi connectivity index (χ0v) is 10.2. The third kappa shape index (κ3) is 3.07. The lowest BCUT2D eigenvalue weighted by Crippen LogP contribution is -2.13. The summed E-state index contributed by atoms with van der Waals surface area (Å²) in [6, 6.07) is 12.9. The molecule has 0 atom stereocenters. The van der Waals surface area contributed by atoms with Gasteiger partial charge in [0.25, 0.3) is 5.91 Å². The Morgan fingerprint density at radius 2 is 1.94 bits per heavy atom. The number of hydrogen-bond donors (Lipinski definition) is 2. The summed E-state index contributed by atoms with van der Waals surface area (Å²) in [6.07, 6.45) is 1.62. The highest BCUT2D eigenvalue weighted by Gasteiger charge is 2.07. The maximum absolute atomic E-state index is 12.0. The van der Waals surface area contributed by atoms with Gasteiger partial charge in [-0.1, -0.05) is 18.2 Å². The fraction of sp³-hybridized carbons (Fsp3) is 0.143. The number of amides is 1. The lowest BCUT2D eigenvalue weighted by molar-refractivity contribution is 0.102. The molecule has 0 bridgehead atoms. The SMILES string of the molecule is CCNc1ccnc(C(=O)Nc2ccccc2)c1. The average molecular weight is 241 g/mol. The zero-order chi connectivity index (χ0) is 12.8. The number of aromatic nitrogens is 1. The standard InChI is InChI=1S/C14H15N3O/c1-2-15-12-8-9-16-13(10-12)14(18)17-11-6-4-3-5-7-11/h3-10H,2H2,1H3,(H,15,16)(H,17,18). The molecular weight excluding hydrogens is 226 g/mol. The van der Waals surface area contributed by atoms with Crippen LogP contribution in [-0.2, 0) is 0 Å². The molecule has 2 aromatic rings. The molecule has 0 unspecified atom stereocenters. The van der Waals surface area contributed by atoms with E-state index in [0.29, 0.717) is 5.69 Å². The summed E-state index contributed by atoms with van der Waals surface area (Å²) in [4.78, 5) is 16.0. The van der Waals surface area contributed by atoms with Crippen molar-refractivity contribution in [3.63, 3.8) is 0 Å². The van der Waals surface area contributed by atoms with Crippen LogP contribution in [0, 0.1) is 0 Å². The van der Waals surface area contributed by atoms with Gasteiger partial charge in [-0.15, -0.1) is 0 Å². The molecule has 0 aliphatic rings. The smallest absolute Gasteiger partial charge is 0.274 e. The molecule has 0 spiro atoms. The van der Waals surface area contributed by atoms with Crippen molar-refractivity contribution in [3.8, 4) is 0 Å². The lowest BCUT2D eigenvalue weighted by Gasteiger charge is -2.06. The van der Waals surface area contributed by atoms with Crippen LogP contribution in [0.5, 0.6) is 0 Å². The molecule has 92 valence electrons. The molecule has 18 heavy (non-hydrogen) atoms. The Hall–Kier alpha value is -2.36. The van der Waals surface area contributed by atoms with E-state index in [1.807, 2.05) is 43.3 Å². The summed E-state index contributed by atoms with van der Waals surface area (Å²) < 4.78 is 0. The predicted octanol–water partition coefficient (Wildman–Crippen LogP) is 2.77. The minimum Gasteiger partial charge on any atom is -0.385 e. The van der Waals surface area contributed by atoms with Gasteiger partial charge < -0.3 is 10.6 Å². The first kappa shape index (κ1) is 12.1. The Bertz CT molecular complexity index is 526. The van der Waals surface area contributed by atoms with Crippen molar-refractivity contribution < 1.29 is 4.79 Å². The second-order valence-corrected chi connectivity index (χ2v) is 3.78. The second-order valence-electron chi connectivity index (χ2n) is 3.78. The van der Waals surface area contributed by atoms with Gasteiger partial charge in [-0.25, -0.2) is 0 Å². The topological polar surface area (TPSA) is 54.0 Å². The number of rotatable bonds is 4. The maximum atomic E-state index is 12.0. The van der Waals surface area contributed by atoms with Crippen molar-refractivity contribution in [3.05, 3.63) is 54.4 Å². The molecule has 1 aromatic carbocycles. The van der Waals surface area contributed by atoms with E-state index in [1.54, 1.807) is 12.3 Å². The predicted molar refractivity (Wildman–Crippen MR) is 72.8 cm³/mol. The number of carbonyl (C=O) groups is 1. The fourth-order valence-electron chi connectivity index (χ4n) is 1.59. The maximum Gasteiger partial charge on any atom is 0.274 e. The van der Waals surface area contributed by atoms with E-state index in [2.05, 4.69) is 15.6 Å². The van der Waals surface area contributed by atoms with Gasteiger partial charge in [0.1, 0.15) is 5.69 Å². The number of para-hydroxylation sites is 1. The van der Waals surface area contributed by atoms with Crippen LogP contribution in [0.15, 0.2) is 48.7 Å². The van der Waals surface area contributed by atoms with Gasteiger partial charge in [-0.2, -0.15) is 0 Å². The summed E-state index contributed by atoms with van der Waals surface area (Å²) in [5.74, 6) is -0.207. The molecule has 0 aliphatic carbocycles. The monoisotopic (exact) mass is 241 g/mol. The number of anilines is 2. The molecule has 0 fully saturated rings. The molecule has 2 rings (SSSR count). The van der Waals surface area contributed by atoms with Crippen molar-refractivity contribution in [2.45, 2.75) is 6.92 Å². The minimum absolute atomic E-state index is 0.207. The number of pyridine rings is 1. The Kier molecular flexibility index (Phi) is 3.91. The Morgan fingerprint density at radius 3 is 2.67 bits per heavy atom. The van der Waals surface area contributed by atoms with Crippen LogP contribution in [0.4, 0.5) is 11.4 Å². The summed E-state index contributed by atoms with van der Waals surface area (Å²) in [5, 5.41) is 5.94. The van der Waals surface area contributed by atoms with Crippen LogP contribution in [-0.4, -0.2) is 17.4 Å². The molecule has 0 radical (unpaired) electrons. The van der Waals surface area contributed by atoms with Crippen LogP contribution in [0.1, 0.15) is 17.4 Å². The molecular formula is C14H15N3O. The van der Waals surface area contributed by atoms with Gasteiger partial charge in [0.15, 0.2) is 0 Å². The van der Waals surface area contributed by atoms with E-state index >= 15 is 0 Å².